The van der Waals surface area contributed by atoms with E-state index in [4.69, 9.17) is 18.9 Å². The highest BCUT2D eigenvalue weighted by atomic mass is 16.5. The largest absolute Gasteiger partial charge is 0.497 e. The molecule has 1 aliphatic carbocycles. The Morgan fingerprint density at radius 3 is 2.53 bits per heavy atom. The van der Waals surface area contributed by atoms with Crippen molar-refractivity contribution in [2.24, 2.45) is 0 Å². The van der Waals surface area contributed by atoms with Crippen LogP contribution < -0.4 is 14.2 Å². The van der Waals surface area contributed by atoms with Crippen molar-refractivity contribution < 1.29 is 23.7 Å². The second-order valence-corrected chi connectivity index (χ2v) is 7.27. The van der Waals surface area contributed by atoms with Crippen LogP contribution >= 0.6 is 0 Å². The first-order chi connectivity index (χ1) is 14.6. The second kappa shape index (κ2) is 10.6. The third kappa shape index (κ3) is 5.70. The van der Waals surface area contributed by atoms with E-state index in [0.717, 1.165) is 29.7 Å². The normalized spacial score (nSPS) is 14.4. The Morgan fingerprint density at radius 1 is 1.03 bits per heavy atom. The number of hydrogen-bond donors (Lipinski definition) is 0. The number of benzene rings is 2. The minimum atomic E-state index is -0.333. The van der Waals surface area contributed by atoms with Crippen molar-refractivity contribution in [3.8, 4) is 29.1 Å². The molecule has 0 aliphatic heterocycles. The van der Waals surface area contributed by atoms with Gasteiger partial charge in [0.2, 0.25) is 0 Å². The first-order valence-electron chi connectivity index (χ1n) is 10.2. The molecular weight excluding hydrogens is 380 g/mol. The maximum absolute atomic E-state index is 12.0. The average Bonchev–Trinajstić information content (AvgIpc) is 3.29. The zero-order valence-electron chi connectivity index (χ0n) is 17.8. The molecule has 1 atom stereocenters. The SMILES string of the molecule is COC(=O)C[C@H](C#Cc1cccc(OC)c1)c1ccc(OC)c(OC2CCCC2)c1. The molecular formula is C25H28O5. The van der Waals surface area contributed by atoms with Crippen LogP contribution in [-0.2, 0) is 9.53 Å². The summed E-state index contributed by atoms with van der Waals surface area (Å²) in [5, 5.41) is 0. The fourth-order valence-electron chi connectivity index (χ4n) is 3.56. The third-order valence-corrected chi connectivity index (χ3v) is 5.24. The molecule has 5 heteroatoms. The van der Waals surface area contributed by atoms with Crippen LogP contribution in [0.4, 0.5) is 0 Å². The van der Waals surface area contributed by atoms with Crippen LogP contribution in [0.15, 0.2) is 42.5 Å². The Morgan fingerprint density at radius 2 is 1.83 bits per heavy atom. The number of methoxy groups -OCH3 is 3. The second-order valence-electron chi connectivity index (χ2n) is 7.27. The predicted molar refractivity (Wildman–Crippen MR) is 115 cm³/mol. The van der Waals surface area contributed by atoms with Gasteiger partial charge in [-0.1, -0.05) is 24.0 Å². The summed E-state index contributed by atoms with van der Waals surface area (Å²) in [5.41, 5.74) is 1.71. The summed E-state index contributed by atoms with van der Waals surface area (Å²) in [5.74, 6) is 7.86. The minimum Gasteiger partial charge on any atom is -0.497 e. The van der Waals surface area contributed by atoms with E-state index in [0.29, 0.717) is 11.5 Å². The van der Waals surface area contributed by atoms with E-state index in [1.54, 1.807) is 14.2 Å². The first kappa shape index (κ1) is 21.6. The zero-order chi connectivity index (χ0) is 21.3. The van der Waals surface area contributed by atoms with Gasteiger partial charge in [0.1, 0.15) is 5.75 Å². The van der Waals surface area contributed by atoms with Crippen LogP contribution in [0.1, 0.15) is 49.1 Å². The van der Waals surface area contributed by atoms with Gasteiger partial charge >= 0.3 is 5.97 Å². The summed E-state index contributed by atoms with van der Waals surface area (Å²) in [6.45, 7) is 0. The number of rotatable bonds is 7. The number of carbonyl (C=O) groups excluding carboxylic acids is 1. The van der Waals surface area contributed by atoms with E-state index >= 15 is 0 Å². The first-order valence-corrected chi connectivity index (χ1v) is 10.2. The Balaban J connectivity index is 1.91. The lowest BCUT2D eigenvalue weighted by atomic mass is 9.95. The molecule has 1 saturated carbocycles. The lowest BCUT2D eigenvalue weighted by molar-refractivity contribution is -0.140. The molecule has 30 heavy (non-hydrogen) atoms. The zero-order valence-corrected chi connectivity index (χ0v) is 17.8. The maximum Gasteiger partial charge on any atom is 0.307 e. The summed E-state index contributed by atoms with van der Waals surface area (Å²) in [4.78, 5) is 12.0. The van der Waals surface area contributed by atoms with Gasteiger partial charge in [0.25, 0.3) is 0 Å². The molecule has 3 rings (SSSR count). The van der Waals surface area contributed by atoms with Gasteiger partial charge in [-0.2, -0.15) is 0 Å². The standard InChI is InChI=1S/C25H28O5/c1-27-22-10-6-7-18(15-22)11-12-20(17-25(26)29-3)19-13-14-23(28-2)24(16-19)30-21-8-4-5-9-21/h6-7,10,13-16,20-21H,4-5,8-9,17H2,1-3H3/t20-/m0/s1. The van der Waals surface area contributed by atoms with Crippen molar-refractivity contribution in [1.29, 1.82) is 0 Å². The number of hydrogen-bond acceptors (Lipinski definition) is 5. The summed E-state index contributed by atoms with van der Waals surface area (Å²) >= 11 is 0. The molecule has 2 aromatic rings. The molecule has 0 saturated heterocycles. The Kier molecular flexibility index (Phi) is 7.62. The van der Waals surface area contributed by atoms with E-state index in [1.165, 1.54) is 20.0 Å². The van der Waals surface area contributed by atoms with Gasteiger partial charge in [-0.25, -0.2) is 0 Å². The Hall–Kier alpha value is -3.13. The van der Waals surface area contributed by atoms with Crippen LogP contribution in [0, 0.1) is 11.8 Å². The van der Waals surface area contributed by atoms with Crippen molar-refractivity contribution in [2.75, 3.05) is 21.3 Å². The lowest BCUT2D eigenvalue weighted by Crippen LogP contribution is -2.12. The summed E-state index contributed by atoms with van der Waals surface area (Å²) in [6.07, 6.45) is 4.83. The van der Waals surface area contributed by atoms with Gasteiger partial charge in [0.15, 0.2) is 11.5 Å². The minimum absolute atomic E-state index is 0.155. The third-order valence-electron chi connectivity index (χ3n) is 5.24. The molecule has 0 heterocycles. The van der Waals surface area contributed by atoms with Gasteiger partial charge in [-0.15, -0.1) is 0 Å². The van der Waals surface area contributed by atoms with Crippen molar-refractivity contribution in [1.82, 2.24) is 0 Å². The molecule has 0 aromatic heterocycles. The van der Waals surface area contributed by atoms with E-state index in [-0.39, 0.29) is 24.4 Å². The molecule has 158 valence electrons. The smallest absolute Gasteiger partial charge is 0.307 e. The van der Waals surface area contributed by atoms with E-state index in [9.17, 15) is 4.79 Å². The number of ether oxygens (including phenoxy) is 4. The van der Waals surface area contributed by atoms with Crippen LogP contribution in [0.2, 0.25) is 0 Å². The van der Waals surface area contributed by atoms with Gasteiger partial charge in [0, 0.05) is 5.56 Å². The molecule has 1 fully saturated rings. The van der Waals surface area contributed by atoms with Crippen molar-refractivity contribution in [2.45, 2.75) is 44.1 Å². The highest BCUT2D eigenvalue weighted by molar-refractivity contribution is 5.71. The van der Waals surface area contributed by atoms with Crippen LogP contribution in [0.3, 0.4) is 0 Å². The monoisotopic (exact) mass is 408 g/mol. The topological polar surface area (TPSA) is 54.0 Å². The van der Waals surface area contributed by atoms with Gasteiger partial charge in [-0.05, 0) is 61.6 Å². The van der Waals surface area contributed by atoms with E-state index < -0.39 is 0 Å². The molecule has 0 bridgehead atoms. The molecule has 5 nitrogen and oxygen atoms in total. The maximum atomic E-state index is 12.0. The highest BCUT2D eigenvalue weighted by Gasteiger charge is 2.21. The Bertz CT molecular complexity index is 919. The average molecular weight is 408 g/mol. The summed E-state index contributed by atoms with van der Waals surface area (Å²) in [7, 11) is 4.64. The quantitative estimate of drug-likeness (QED) is 0.490. The van der Waals surface area contributed by atoms with E-state index in [2.05, 4.69) is 11.8 Å². The van der Waals surface area contributed by atoms with Crippen molar-refractivity contribution in [3.05, 3.63) is 53.6 Å². The molecule has 0 N–H and O–H groups in total. The van der Waals surface area contributed by atoms with Crippen molar-refractivity contribution >= 4 is 5.97 Å². The predicted octanol–water partition coefficient (Wildman–Crippen LogP) is 4.72. The lowest BCUT2D eigenvalue weighted by Gasteiger charge is -2.18. The number of carbonyl (C=O) groups is 1. The fraction of sp³-hybridized carbons (Fsp3) is 0.400. The van der Waals surface area contributed by atoms with Crippen LogP contribution in [0.5, 0.6) is 17.2 Å². The van der Waals surface area contributed by atoms with Crippen LogP contribution in [-0.4, -0.2) is 33.4 Å². The number of esters is 1. The van der Waals surface area contributed by atoms with E-state index in [1.807, 2.05) is 42.5 Å². The molecule has 0 unspecified atom stereocenters. The molecule has 2 aromatic carbocycles. The molecule has 0 radical (unpaired) electrons. The van der Waals surface area contributed by atoms with Gasteiger partial charge in [-0.3, -0.25) is 4.79 Å². The highest BCUT2D eigenvalue weighted by Crippen LogP contribution is 2.35. The van der Waals surface area contributed by atoms with Crippen LogP contribution in [0.25, 0.3) is 0 Å². The molecule has 0 spiro atoms. The molecule has 0 amide bonds. The van der Waals surface area contributed by atoms with Gasteiger partial charge in [0.05, 0.1) is 39.8 Å². The fourth-order valence-corrected chi connectivity index (χ4v) is 3.56. The Labute approximate surface area is 178 Å². The summed E-state index contributed by atoms with van der Waals surface area (Å²) in [6, 6.07) is 13.3. The summed E-state index contributed by atoms with van der Waals surface area (Å²) < 4.78 is 21.8. The van der Waals surface area contributed by atoms with Crippen molar-refractivity contribution in [3.63, 3.8) is 0 Å². The van der Waals surface area contributed by atoms with Gasteiger partial charge < -0.3 is 18.9 Å². The molecule has 1 aliphatic rings.